The monoisotopic (exact) mass is 251 g/mol. The molecule has 2 N–H and O–H groups in total. The lowest BCUT2D eigenvalue weighted by Crippen LogP contribution is -2.37. The molecule has 1 aromatic rings. The van der Waals surface area contributed by atoms with Crippen LogP contribution < -0.4 is 5.32 Å². The number of thiophene rings is 1. The van der Waals surface area contributed by atoms with Crippen molar-refractivity contribution < 1.29 is 5.11 Å². The average molecular weight is 251 g/mol. The number of aliphatic hydroxyl groups is 1. The van der Waals surface area contributed by atoms with Gasteiger partial charge in [-0.1, -0.05) is 6.07 Å². The van der Waals surface area contributed by atoms with Gasteiger partial charge in [-0.15, -0.1) is 11.3 Å². The molecule has 94 valence electrons. The fourth-order valence-corrected chi connectivity index (χ4v) is 3.72. The largest absolute Gasteiger partial charge is 0.393 e. The molecule has 0 saturated heterocycles. The van der Waals surface area contributed by atoms with Crippen LogP contribution in [0.1, 0.15) is 49.4 Å². The summed E-state index contributed by atoms with van der Waals surface area (Å²) in [6, 6.07) is 5.61. The Balaban J connectivity index is 1.61. The van der Waals surface area contributed by atoms with Crippen LogP contribution in [0.15, 0.2) is 17.5 Å². The summed E-state index contributed by atoms with van der Waals surface area (Å²) in [5.74, 6) is 0.862. The van der Waals surface area contributed by atoms with Gasteiger partial charge in [0.15, 0.2) is 0 Å². The van der Waals surface area contributed by atoms with E-state index < -0.39 is 0 Å². The zero-order valence-electron chi connectivity index (χ0n) is 10.1. The topological polar surface area (TPSA) is 32.3 Å². The SMILES string of the molecule is OC1CCC(NC(c2cccs2)C2CC2)CC1. The first-order valence-corrected chi connectivity index (χ1v) is 7.68. The number of hydrogen-bond acceptors (Lipinski definition) is 3. The van der Waals surface area contributed by atoms with Crippen molar-refractivity contribution in [3.63, 3.8) is 0 Å². The Morgan fingerprint density at radius 2 is 1.94 bits per heavy atom. The Kier molecular flexibility index (Phi) is 3.50. The van der Waals surface area contributed by atoms with Gasteiger partial charge in [0.2, 0.25) is 0 Å². The predicted molar refractivity (Wildman–Crippen MR) is 71.2 cm³/mol. The lowest BCUT2D eigenvalue weighted by atomic mass is 9.92. The maximum absolute atomic E-state index is 9.54. The molecule has 0 aliphatic heterocycles. The summed E-state index contributed by atoms with van der Waals surface area (Å²) in [6.45, 7) is 0. The molecular weight excluding hydrogens is 230 g/mol. The van der Waals surface area contributed by atoms with Crippen molar-refractivity contribution in [3.05, 3.63) is 22.4 Å². The molecule has 0 aromatic carbocycles. The van der Waals surface area contributed by atoms with Crippen LogP contribution in [0.4, 0.5) is 0 Å². The molecule has 2 aliphatic carbocycles. The second-order valence-electron chi connectivity index (χ2n) is 5.50. The molecule has 2 fully saturated rings. The van der Waals surface area contributed by atoms with Gasteiger partial charge in [-0.3, -0.25) is 0 Å². The first-order chi connectivity index (χ1) is 8.33. The highest BCUT2D eigenvalue weighted by atomic mass is 32.1. The molecule has 1 unspecified atom stereocenters. The minimum Gasteiger partial charge on any atom is -0.393 e. The van der Waals surface area contributed by atoms with Crippen molar-refractivity contribution in [2.45, 2.75) is 56.7 Å². The van der Waals surface area contributed by atoms with Gasteiger partial charge < -0.3 is 10.4 Å². The van der Waals surface area contributed by atoms with E-state index in [1.807, 2.05) is 11.3 Å². The lowest BCUT2D eigenvalue weighted by Gasteiger charge is -2.30. The molecule has 0 bridgehead atoms. The van der Waals surface area contributed by atoms with E-state index in [4.69, 9.17) is 0 Å². The summed E-state index contributed by atoms with van der Waals surface area (Å²) in [5.41, 5.74) is 0. The Bertz CT molecular complexity index is 339. The van der Waals surface area contributed by atoms with Crippen LogP contribution in [-0.2, 0) is 0 Å². The highest BCUT2D eigenvalue weighted by Gasteiger charge is 2.34. The van der Waals surface area contributed by atoms with Crippen LogP contribution in [0.3, 0.4) is 0 Å². The first-order valence-electron chi connectivity index (χ1n) is 6.80. The lowest BCUT2D eigenvalue weighted by molar-refractivity contribution is 0.113. The van der Waals surface area contributed by atoms with Gasteiger partial charge in [0.1, 0.15) is 0 Å². The molecule has 2 nitrogen and oxygen atoms in total. The van der Waals surface area contributed by atoms with Crippen LogP contribution in [0.5, 0.6) is 0 Å². The molecule has 1 aromatic heterocycles. The fraction of sp³-hybridized carbons (Fsp3) is 0.714. The van der Waals surface area contributed by atoms with Crippen molar-refractivity contribution in [2.24, 2.45) is 5.92 Å². The second kappa shape index (κ2) is 5.09. The van der Waals surface area contributed by atoms with E-state index in [1.54, 1.807) is 0 Å². The first kappa shape index (κ1) is 11.7. The fourth-order valence-electron chi connectivity index (χ4n) is 2.84. The zero-order chi connectivity index (χ0) is 11.7. The molecule has 1 atom stereocenters. The van der Waals surface area contributed by atoms with E-state index in [1.165, 1.54) is 17.7 Å². The van der Waals surface area contributed by atoms with Gasteiger partial charge in [0.05, 0.1) is 6.10 Å². The number of nitrogens with one attached hydrogen (secondary N) is 1. The van der Waals surface area contributed by atoms with E-state index in [-0.39, 0.29) is 6.10 Å². The van der Waals surface area contributed by atoms with Gasteiger partial charge >= 0.3 is 0 Å². The highest BCUT2D eigenvalue weighted by molar-refractivity contribution is 7.10. The normalized spacial score (nSPS) is 31.4. The Hall–Kier alpha value is -0.380. The third kappa shape index (κ3) is 2.90. The summed E-state index contributed by atoms with van der Waals surface area (Å²) in [7, 11) is 0. The Morgan fingerprint density at radius 1 is 1.18 bits per heavy atom. The molecule has 0 amide bonds. The van der Waals surface area contributed by atoms with Crippen molar-refractivity contribution in [3.8, 4) is 0 Å². The Labute approximate surface area is 107 Å². The predicted octanol–water partition coefficient (Wildman–Crippen LogP) is 3.09. The minimum atomic E-state index is -0.0471. The molecule has 0 radical (unpaired) electrons. The van der Waals surface area contributed by atoms with Gasteiger partial charge in [0.25, 0.3) is 0 Å². The molecule has 2 aliphatic rings. The van der Waals surface area contributed by atoms with Crippen LogP contribution in [0.2, 0.25) is 0 Å². The molecule has 1 heterocycles. The van der Waals surface area contributed by atoms with E-state index >= 15 is 0 Å². The third-order valence-corrected chi connectivity index (χ3v) is 5.01. The number of aliphatic hydroxyl groups excluding tert-OH is 1. The molecular formula is C14H21NOS. The summed E-state index contributed by atoms with van der Waals surface area (Å²) >= 11 is 1.88. The molecule has 3 heteroatoms. The van der Waals surface area contributed by atoms with Gasteiger partial charge in [0, 0.05) is 17.0 Å². The van der Waals surface area contributed by atoms with Crippen LogP contribution in [0.25, 0.3) is 0 Å². The maximum atomic E-state index is 9.54. The summed E-state index contributed by atoms with van der Waals surface area (Å²) in [6.07, 6.45) is 6.93. The zero-order valence-corrected chi connectivity index (χ0v) is 11.0. The Morgan fingerprint density at radius 3 is 2.53 bits per heavy atom. The van der Waals surface area contributed by atoms with Crippen molar-refractivity contribution >= 4 is 11.3 Å². The standard InChI is InChI=1S/C14H21NOS/c16-12-7-5-11(6-8-12)15-14(10-3-4-10)13-2-1-9-17-13/h1-2,9-12,14-16H,3-8H2. The van der Waals surface area contributed by atoms with E-state index in [0.29, 0.717) is 12.1 Å². The summed E-state index contributed by atoms with van der Waals surface area (Å²) < 4.78 is 0. The molecule has 2 saturated carbocycles. The molecule has 17 heavy (non-hydrogen) atoms. The van der Waals surface area contributed by atoms with Gasteiger partial charge in [-0.2, -0.15) is 0 Å². The highest BCUT2D eigenvalue weighted by Crippen LogP contribution is 2.43. The number of hydrogen-bond donors (Lipinski definition) is 2. The van der Waals surface area contributed by atoms with Crippen molar-refractivity contribution in [2.75, 3.05) is 0 Å². The van der Waals surface area contributed by atoms with Crippen molar-refractivity contribution in [1.82, 2.24) is 5.32 Å². The van der Waals surface area contributed by atoms with Crippen LogP contribution in [0, 0.1) is 5.92 Å². The number of rotatable bonds is 4. The average Bonchev–Trinajstić information content (AvgIpc) is 3.03. The van der Waals surface area contributed by atoms with Gasteiger partial charge in [-0.25, -0.2) is 0 Å². The van der Waals surface area contributed by atoms with E-state index in [9.17, 15) is 5.11 Å². The molecule has 0 spiro atoms. The van der Waals surface area contributed by atoms with E-state index in [0.717, 1.165) is 31.6 Å². The minimum absolute atomic E-state index is 0.0471. The van der Waals surface area contributed by atoms with Crippen LogP contribution in [-0.4, -0.2) is 17.3 Å². The summed E-state index contributed by atoms with van der Waals surface area (Å²) in [5, 5.41) is 15.6. The van der Waals surface area contributed by atoms with Gasteiger partial charge in [-0.05, 0) is 55.9 Å². The smallest absolute Gasteiger partial charge is 0.0541 e. The molecule has 3 rings (SSSR count). The maximum Gasteiger partial charge on any atom is 0.0541 e. The van der Waals surface area contributed by atoms with Crippen molar-refractivity contribution in [1.29, 1.82) is 0 Å². The van der Waals surface area contributed by atoms with Crippen LogP contribution >= 0.6 is 11.3 Å². The van der Waals surface area contributed by atoms with E-state index in [2.05, 4.69) is 22.8 Å². The summed E-state index contributed by atoms with van der Waals surface area (Å²) in [4.78, 5) is 1.50. The third-order valence-electron chi connectivity index (χ3n) is 4.06. The quantitative estimate of drug-likeness (QED) is 0.862. The second-order valence-corrected chi connectivity index (χ2v) is 6.48.